The summed E-state index contributed by atoms with van der Waals surface area (Å²) < 4.78 is 16.6. The Bertz CT molecular complexity index is 902. The lowest BCUT2D eigenvalue weighted by Gasteiger charge is -2.29. The van der Waals surface area contributed by atoms with Crippen molar-refractivity contribution in [3.05, 3.63) is 53.1 Å². The van der Waals surface area contributed by atoms with Gasteiger partial charge in [0.1, 0.15) is 11.9 Å². The highest BCUT2D eigenvalue weighted by Crippen LogP contribution is 2.48. The van der Waals surface area contributed by atoms with Crippen molar-refractivity contribution in [2.75, 3.05) is 14.2 Å². The molecule has 0 bridgehead atoms. The number of carbonyl (C=O) groups is 1. The monoisotopic (exact) mass is 396 g/mol. The topological polar surface area (TPSA) is 65.0 Å². The third-order valence-electron chi connectivity index (χ3n) is 6.24. The van der Waals surface area contributed by atoms with Crippen molar-refractivity contribution >= 4 is 5.97 Å². The molecule has 2 aromatic rings. The van der Waals surface area contributed by atoms with Crippen molar-refractivity contribution in [2.45, 2.75) is 44.6 Å². The van der Waals surface area contributed by atoms with Crippen molar-refractivity contribution in [3.8, 4) is 17.2 Å². The Morgan fingerprint density at radius 1 is 1.14 bits per heavy atom. The molecule has 1 fully saturated rings. The van der Waals surface area contributed by atoms with E-state index >= 15 is 0 Å². The second-order valence-corrected chi connectivity index (χ2v) is 8.12. The Morgan fingerprint density at radius 2 is 1.93 bits per heavy atom. The number of hydrogen-bond donors (Lipinski definition) is 1. The highest BCUT2D eigenvalue weighted by atomic mass is 16.5. The number of phenolic OH excluding ortho intramolecular Hbond substituents is 1. The highest BCUT2D eigenvalue weighted by molar-refractivity contribution is 5.73. The van der Waals surface area contributed by atoms with Crippen LogP contribution in [0.3, 0.4) is 0 Å². The Morgan fingerprint density at radius 3 is 2.62 bits per heavy atom. The van der Waals surface area contributed by atoms with Gasteiger partial charge in [-0.25, -0.2) is 0 Å². The van der Waals surface area contributed by atoms with Crippen molar-refractivity contribution in [2.24, 2.45) is 11.8 Å². The van der Waals surface area contributed by atoms with Crippen LogP contribution in [-0.2, 0) is 16.0 Å². The number of aryl methyl sites for hydroxylation is 1. The molecule has 0 saturated heterocycles. The number of rotatable bonds is 6. The van der Waals surface area contributed by atoms with E-state index in [2.05, 4.69) is 18.2 Å². The zero-order valence-corrected chi connectivity index (χ0v) is 17.2. The number of phenols is 1. The first-order valence-corrected chi connectivity index (χ1v) is 10.3. The summed E-state index contributed by atoms with van der Waals surface area (Å²) in [7, 11) is 3.00. The largest absolute Gasteiger partial charge is 0.504 e. The van der Waals surface area contributed by atoms with E-state index in [1.165, 1.54) is 12.7 Å². The fraction of sp³-hybridized carbons (Fsp3) is 0.458. The second-order valence-electron chi connectivity index (χ2n) is 8.12. The molecule has 0 radical (unpaired) electrons. The molecule has 2 aromatic carbocycles. The number of carbonyl (C=O) groups excluding carboxylic acids is 1. The summed E-state index contributed by atoms with van der Waals surface area (Å²) in [4.78, 5) is 12.2. The molecule has 2 aliphatic rings. The maximum Gasteiger partial charge on any atom is 0.309 e. The minimum Gasteiger partial charge on any atom is -0.504 e. The number of benzene rings is 2. The minimum absolute atomic E-state index is 0.0929. The number of esters is 1. The zero-order valence-electron chi connectivity index (χ0n) is 17.2. The average molecular weight is 396 g/mol. The summed E-state index contributed by atoms with van der Waals surface area (Å²) in [6.07, 6.45) is 4.00. The molecule has 154 valence electrons. The number of fused-ring (bicyclic) bond motifs is 1. The van der Waals surface area contributed by atoms with Gasteiger partial charge in [0.2, 0.25) is 0 Å². The zero-order chi connectivity index (χ0) is 20.5. The molecular formula is C24H28O5. The van der Waals surface area contributed by atoms with E-state index in [0.29, 0.717) is 11.7 Å². The summed E-state index contributed by atoms with van der Waals surface area (Å²) in [5.41, 5.74) is 3.32. The van der Waals surface area contributed by atoms with Crippen LogP contribution in [-0.4, -0.2) is 25.3 Å². The van der Waals surface area contributed by atoms with Crippen LogP contribution in [0.2, 0.25) is 0 Å². The fourth-order valence-corrected chi connectivity index (χ4v) is 4.48. The summed E-state index contributed by atoms with van der Waals surface area (Å²) in [6, 6.07) is 11.8. The van der Waals surface area contributed by atoms with Crippen molar-refractivity contribution in [3.63, 3.8) is 0 Å². The lowest BCUT2D eigenvalue weighted by molar-refractivity contribution is -0.145. The van der Waals surface area contributed by atoms with Gasteiger partial charge in [-0.3, -0.25) is 4.79 Å². The third kappa shape index (κ3) is 3.91. The molecule has 0 unspecified atom stereocenters. The van der Waals surface area contributed by atoms with E-state index < -0.39 is 0 Å². The molecule has 1 heterocycles. The number of methoxy groups -OCH3 is 2. The van der Waals surface area contributed by atoms with Crippen molar-refractivity contribution in [1.82, 2.24) is 0 Å². The van der Waals surface area contributed by atoms with Gasteiger partial charge in [-0.15, -0.1) is 0 Å². The van der Waals surface area contributed by atoms with Gasteiger partial charge in [-0.2, -0.15) is 0 Å². The van der Waals surface area contributed by atoms with Crippen molar-refractivity contribution < 1.29 is 24.1 Å². The molecule has 1 aliphatic heterocycles. The SMILES string of the molecule is COC(=O)[C@@H](C)[C@H](c1ccc2c(c1)O[C@H](c1ccc(O)c(OC)c1)CC2)C1CC1. The van der Waals surface area contributed by atoms with Crippen LogP contribution in [0.1, 0.15) is 54.9 Å². The molecular weight excluding hydrogens is 368 g/mol. The molecule has 1 saturated carbocycles. The second kappa shape index (κ2) is 7.97. The van der Waals surface area contributed by atoms with Crippen LogP contribution < -0.4 is 9.47 Å². The minimum atomic E-state index is -0.175. The van der Waals surface area contributed by atoms with Crippen molar-refractivity contribution in [1.29, 1.82) is 0 Å². The lowest BCUT2D eigenvalue weighted by atomic mass is 9.82. The fourth-order valence-electron chi connectivity index (χ4n) is 4.48. The van der Waals surface area contributed by atoms with Crippen LogP contribution in [0.4, 0.5) is 0 Å². The first-order chi connectivity index (χ1) is 14.0. The van der Waals surface area contributed by atoms with Gasteiger partial charge in [-0.1, -0.05) is 25.1 Å². The smallest absolute Gasteiger partial charge is 0.309 e. The lowest BCUT2D eigenvalue weighted by Crippen LogP contribution is -2.23. The quantitative estimate of drug-likeness (QED) is 0.713. The molecule has 0 aromatic heterocycles. The predicted octanol–water partition coefficient (Wildman–Crippen LogP) is 4.77. The van der Waals surface area contributed by atoms with Gasteiger partial charge >= 0.3 is 5.97 Å². The van der Waals surface area contributed by atoms with E-state index in [4.69, 9.17) is 14.2 Å². The average Bonchev–Trinajstić information content (AvgIpc) is 3.58. The number of ether oxygens (including phenoxy) is 3. The van der Waals surface area contributed by atoms with Crippen LogP contribution in [0.15, 0.2) is 36.4 Å². The van der Waals surface area contributed by atoms with E-state index in [-0.39, 0.29) is 29.7 Å². The Labute approximate surface area is 171 Å². The van der Waals surface area contributed by atoms with Crippen LogP contribution in [0.25, 0.3) is 0 Å². The van der Waals surface area contributed by atoms with Gasteiger partial charge in [-0.05, 0) is 72.4 Å². The van der Waals surface area contributed by atoms with E-state index in [1.54, 1.807) is 13.2 Å². The van der Waals surface area contributed by atoms with Crippen LogP contribution >= 0.6 is 0 Å². The highest BCUT2D eigenvalue weighted by Gasteiger charge is 2.39. The number of hydrogen-bond acceptors (Lipinski definition) is 5. The standard InChI is InChI=1S/C24H28O5/c1-14(24(26)28-3)23(16-5-6-16)18-7-4-15-9-11-20(29-21(15)13-18)17-8-10-19(25)22(12-17)27-2/h4,7-8,10,12-14,16,20,23,25H,5-6,9,11H2,1-3H3/t14-,20-,23-/m0/s1. The first kappa shape index (κ1) is 19.6. The number of aromatic hydroxyl groups is 1. The predicted molar refractivity (Wildman–Crippen MR) is 109 cm³/mol. The van der Waals surface area contributed by atoms with E-state index in [9.17, 15) is 9.90 Å². The molecule has 1 N–H and O–H groups in total. The molecule has 4 rings (SSSR count). The molecule has 5 nitrogen and oxygen atoms in total. The van der Waals surface area contributed by atoms with Gasteiger partial charge < -0.3 is 19.3 Å². The normalized spacial score (nSPS) is 20.2. The van der Waals surface area contributed by atoms with Gasteiger partial charge in [0.25, 0.3) is 0 Å². The Kier molecular flexibility index (Phi) is 5.39. The first-order valence-electron chi connectivity index (χ1n) is 10.3. The van der Waals surface area contributed by atoms with E-state index in [1.807, 2.05) is 19.1 Å². The summed E-state index contributed by atoms with van der Waals surface area (Å²) in [6.45, 7) is 1.96. The van der Waals surface area contributed by atoms with Gasteiger partial charge in [0.05, 0.1) is 20.1 Å². The molecule has 29 heavy (non-hydrogen) atoms. The summed E-state index contributed by atoms with van der Waals surface area (Å²) in [5, 5.41) is 9.86. The van der Waals surface area contributed by atoms with Crippen LogP contribution in [0, 0.1) is 11.8 Å². The molecule has 3 atom stereocenters. The molecule has 0 spiro atoms. The summed E-state index contributed by atoms with van der Waals surface area (Å²) >= 11 is 0. The van der Waals surface area contributed by atoms with Crippen LogP contribution in [0.5, 0.6) is 17.2 Å². The Hall–Kier alpha value is -2.69. The molecule has 0 amide bonds. The summed E-state index contributed by atoms with van der Waals surface area (Å²) in [5.74, 6) is 1.81. The maximum atomic E-state index is 12.2. The van der Waals surface area contributed by atoms with E-state index in [0.717, 1.165) is 42.6 Å². The van der Waals surface area contributed by atoms with Gasteiger partial charge in [0, 0.05) is 0 Å². The third-order valence-corrected chi connectivity index (χ3v) is 6.24. The molecule has 1 aliphatic carbocycles. The Balaban J connectivity index is 1.60. The van der Waals surface area contributed by atoms with Gasteiger partial charge in [0.15, 0.2) is 11.5 Å². The maximum absolute atomic E-state index is 12.2. The molecule has 5 heteroatoms.